The minimum atomic E-state index is -0.235. The SMILES string of the molecule is CC.CC(=O)CCc1ccccc1.CCc1cccc(NC(=O)Nc2ccc(N(C)C)cc2)c1. The average Bonchev–Trinajstić information content (AvgIpc) is 2.85. The molecule has 34 heavy (non-hydrogen) atoms. The minimum Gasteiger partial charge on any atom is -0.378 e. The van der Waals surface area contributed by atoms with Crippen molar-refractivity contribution in [2.75, 3.05) is 29.6 Å². The summed E-state index contributed by atoms with van der Waals surface area (Å²) in [6.45, 7) is 7.72. The number of carbonyl (C=O) groups is 2. The maximum absolute atomic E-state index is 12.0. The molecule has 3 rings (SSSR count). The number of rotatable bonds is 7. The number of aryl methyl sites for hydroxylation is 2. The number of ketones is 1. The van der Waals surface area contributed by atoms with Crippen LogP contribution in [-0.2, 0) is 17.6 Å². The first kappa shape index (κ1) is 28.4. The summed E-state index contributed by atoms with van der Waals surface area (Å²) in [4.78, 5) is 24.6. The zero-order chi connectivity index (χ0) is 25.3. The van der Waals surface area contributed by atoms with E-state index in [9.17, 15) is 9.59 Å². The van der Waals surface area contributed by atoms with Crippen LogP contribution >= 0.6 is 0 Å². The van der Waals surface area contributed by atoms with Crippen LogP contribution in [0.3, 0.4) is 0 Å². The van der Waals surface area contributed by atoms with Crippen molar-refractivity contribution in [1.82, 2.24) is 0 Å². The zero-order valence-electron chi connectivity index (χ0n) is 21.4. The van der Waals surface area contributed by atoms with E-state index in [-0.39, 0.29) is 11.8 Å². The van der Waals surface area contributed by atoms with Crippen LogP contribution in [0.25, 0.3) is 0 Å². The third-order valence-corrected chi connectivity index (χ3v) is 4.84. The first-order valence-electron chi connectivity index (χ1n) is 11.8. The lowest BCUT2D eigenvalue weighted by atomic mass is 10.1. The van der Waals surface area contributed by atoms with E-state index in [2.05, 4.69) is 17.6 Å². The summed E-state index contributed by atoms with van der Waals surface area (Å²) in [7, 11) is 3.96. The predicted octanol–water partition coefficient (Wildman–Crippen LogP) is 7.19. The number of carbonyl (C=O) groups excluding carboxylic acids is 2. The highest BCUT2D eigenvalue weighted by Crippen LogP contribution is 2.16. The fourth-order valence-corrected chi connectivity index (χ4v) is 2.97. The summed E-state index contributed by atoms with van der Waals surface area (Å²) in [5.41, 5.74) is 5.10. The quantitative estimate of drug-likeness (QED) is 0.391. The van der Waals surface area contributed by atoms with Gasteiger partial charge in [-0.2, -0.15) is 0 Å². The van der Waals surface area contributed by atoms with Gasteiger partial charge in [0.25, 0.3) is 0 Å². The van der Waals surface area contributed by atoms with E-state index in [1.807, 2.05) is 112 Å². The van der Waals surface area contributed by atoms with Crippen molar-refractivity contribution in [3.05, 3.63) is 90.0 Å². The van der Waals surface area contributed by atoms with Crippen LogP contribution < -0.4 is 15.5 Å². The molecule has 0 unspecified atom stereocenters. The number of anilines is 3. The lowest BCUT2D eigenvalue weighted by Crippen LogP contribution is -2.19. The van der Waals surface area contributed by atoms with Gasteiger partial charge < -0.3 is 20.3 Å². The Kier molecular flexibility index (Phi) is 13.4. The molecular weight excluding hydrogens is 422 g/mol. The molecule has 0 atom stereocenters. The Balaban J connectivity index is 0.000000374. The molecule has 0 fully saturated rings. The molecule has 0 aromatic heterocycles. The number of nitrogens with one attached hydrogen (secondary N) is 2. The maximum Gasteiger partial charge on any atom is 0.323 e. The second-order valence-electron chi connectivity index (χ2n) is 7.76. The highest BCUT2D eigenvalue weighted by atomic mass is 16.2. The van der Waals surface area contributed by atoms with Gasteiger partial charge in [-0.05, 0) is 67.3 Å². The van der Waals surface area contributed by atoms with Gasteiger partial charge in [-0.3, -0.25) is 0 Å². The number of benzene rings is 3. The number of nitrogens with zero attached hydrogens (tertiary/aromatic N) is 1. The monoisotopic (exact) mass is 461 g/mol. The Morgan fingerprint density at radius 1 is 0.765 bits per heavy atom. The van der Waals surface area contributed by atoms with Crippen molar-refractivity contribution < 1.29 is 9.59 Å². The van der Waals surface area contributed by atoms with E-state index < -0.39 is 0 Å². The number of hydrogen-bond acceptors (Lipinski definition) is 3. The molecule has 0 aliphatic rings. The maximum atomic E-state index is 12.0. The van der Waals surface area contributed by atoms with Crippen LogP contribution in [0.5, 0.6) is 0 Å². The molecule has 0 aliphatic carbocycles. The first-order chi connectivity index (χ1) is 16.4. The van der Waals surface area contributed by atoms with Crippen molar-refractivity contribution in [3.8, 4) is 0 Å². The normalized spacial score (nSPS) is 9.47. The van der Waals surface area contributed by atoms with E-state index >= 15 is 0 Å². The van der Waals surface area contributed by atoms with E-state index in [4.69, 9.17) is 0 Å². The molecular formula is C29H39N3O2. The van der Waals surface area contributed by atoms with Crippen molar-refractivity contribution in [1.29, 1.82) is 0 Å². The highest BCUT2D eigenvalue weighted by molar-refractivity contribution is 5.99. The molecule has 182 valence electrons. The van der Waals surface area contributed by atoms with Crippen molar-refractivity contribution in [2.24, 2.45) is 0 Å². The van der Waals surface area contributed by atoms with E-state index in [0.29, 0.717) is 6.42 Å². The molecule has 3 aromatic rings. The van der Waals surface area contributed by atoms with Crippen LogP contribution in [-0.4, -0.2) is 25.9 Å². The van der Waals surface area contributed by atoms with Crippen LogP contribution in [0.1, 0.15) is 45.2 Å². The fraction of sp³-hybridized carbons (Fsp3) is 0.310. The Bertz CT molecular complexity index is 984. The lowest BCUT2D eigenvalue weighted by molar-refractivity contribution is -0.116. The van der Waals surface area contributed by atoms with Gasteiger partial charge in [-0.25, -0.2) is 4.79 Å². The number of Topliss-reactive ketones (excluding diaryl/α,β-unsaturated/α-hetero) is 1. The Morgan fingerprint density at radius 2 is 1.35 bits per heavy atom. The smallest absolute Gasteiger partial charge is 0.323 e. The molecule has 2 amide bonds. The van der Waals surface area contributed by atoms with Gasteiger partial charge in [-0.15, -0.1) is 0 Å². The number of amides is 2. The summed E-state index contributed by atoms with van der Waals surface area (Å²) < 4.78 is 0. The van der Waals surface area contributed by atoms with E-state index in [1.54, 1.807) is 6.92 Å². The topological polar surface area (TPSA) is 61.4 Å². The summed E-state index contributed by atoms with van der Waals surface area (Å²) in [6, 6.07) is 25.4. The number of hydrogen-bond donors (Lipinski definition) is 2. The van der Waals surface area contributed by atoms with E-state index in [1.165, 1.54) is 11.1 Å². The van der Waals surface area contributed by atoms with Gasteiger partial charge in [0.15, 0.2) is 0 Å². The summed E-state index contributed by atoms with van der Waals surface area (Å²) in [5.74, 6) is 0.258. The van der Waals surface area contributed by atoms with Gasteiger partial charge in [0.1, 0.15) is 5.78 Å². The first-order valence-corrected chi connectivity index (χ1v) is 11.8. The minimum absolute atomic E-state index is 0.235. The van der Waals surface area contributed by atoms with Crippen LogP contribution in [0.2, 0.25) is 0 Å². The molecule has 0 radical (unpaired) electrons. The molecule has 0 saturated heterocycles. The van der Waals surface area contributed by atoms with Crippen molar-refractivity contribution in [2.45, 2.75) is 47.0 Å². The molecule has 0 bridgehead atoms. The second kappa shape index (κ2) is 16.1. The second-order valence-corrected chi connectivity index (χ2v) is 7.76. The lowest BCUT2D eigenvalue weighted by Gasteiger charge is -2.13. The van der Waals surface area contributed by atoms with Gasteiger partial charge in [0.2, 0.25) is 0 Å². The van der Waals surface area contributed by atoms with Crippen molar-refractivity contribution in [3.63, 3.8) is 0 Å². The van der Waals surface area contributed by atoms with Gasteiger partial charge in [0.05, 0.1) is 0 Å². The molecule has 5 heteroatoms. The van der Waals surface area contributed by atoms with E-state index in [0.717, 1.165) is 29.9 Å². The Morgan fingerprint density at radius 3 is 1.91 bits per heavy atom. The highest BCUT2D eigenvalue weighted by Gasteiger charge is 2.03. The van der Waals surface area contributed by atoms with Gasteiger partial charge >= 0.3 is 6.03 Å². The summed E-state index contributed by atoms with van der Waals surface area (Å²) in [6.07, 6.45) is 2.48. The molecule has 3 aromatic carbocycles. The molecule has 0 spiro atoms. The molecule has 0 saturated carbocycles. The van der Waals surface area contributed by atoms with Crippen LogP contribution in [0, 0.1) is 0 Å². The summed E-state index contributed by atoms with van der Waals surface area (Å²) >= 11 is 0. The predicted molar refractivity (Wildman–Crippen MR) is 146 cm³/mol. The average molecular weight is 462 g/mol. The molecule has 0 aliphatic heterocycles. The fourth-order valence-electron chi connectivity index (χ4n) is 2.97. The molecule has 0 heterocycles. The third-order valence-electron chi connectivity index (χ3n) is 4.84. The Labute approximate surface area is 205 Å². The number of urea groups is 1. The van der Waals surface area contributed by atoms with Crippen LogP contribution in [0.15, 0.2) is 78.9 Å². The third kappa shape index (κ3) is 11.3. The largest absolute Gasteiger partial charge is 0.378 e. The Hall–Kier alpha value is -3.60. The standard InChI is InChI=1S/C17H21N3O.C10H12O.C2H6/c1-4-13-6-5-7-15(12-13)19-17(21)18-14-8-10-16(11-9-14)20(2)3;1-9(11)7-8-10-5-3-2-4-6-10;1-2/h5-12H,4H2,1-3H3,(H2,18,19,21);2-6H,7-8H2,1H3;1-2H3. The summed E-state index contributed by atoms with van der Waals surface area (Å²) in [5, 5.41) is 5.67. The van der Waals surface area contributed by atoms with Gasteiger partial charge in [0, 0.05) is 37.6 Å². The zero-order valence-corrected chi connectivity index (χ0v) is 21.4. The van der Waals surface area contributed by atoms with Crippen LogP contribution in [0.4, 0.5) is 21.9 Å². The van der Waals surface area contributed by atoms with Crippen molar-refractivity contribution >= 4 is 28.9 Å². The van der Waals surface area contributed by atoms with Gasteiger partial charge in [-0.1, -0.05) is 63.2 Å². The molecule has 5 nitrogen and oxygen atoms in total. The molecule has 2 N–H and O–H groups in total.